The van der Waals surface area contributed by atoms with Gasteiger partial charge in [0.05, 0.1) is 18.2 Å². The Morgan fingerprint density at radius 1 is 0.897 bits per heavy atom. The molecule has 0 heterocycles. The summed E-state index contributed by atoms with van der Waals surface area (Å²) in [5.74, 6) is -1.57. The molecule has 0 atom stereocenters. The van der Waals surface area contributed by atoms with Crippen molar-refractivity contribution < 1.29 is 27.8 Å². The number of methoxy groups -OCH3 is 1. The number of rotatable bonds is 6. The van der Waals surface area contributed by atoms with E-state index in [1.54, 1.807) is 24.3 Å². The van der Waals surface area contributed by atoms with E-state index in [0.717, 1.165) is 11.6 Å². The Morgan fingerprint density at radius 2 is 1.55 bits per heavy atom. The SMILES string of the molecule is COC(=O)c1ccc(CNC(=O)c2cc(F)ccc2Oc2ccc(F)cc2)cc1. The molecular formula is C22H17F2NO4. The van der Waals surface area contributed by atoms with Gasteiger partial charge in [0.1, 0.15) is 23.1 Å². The Morgan fingerprint density at radius 3 is 2.21 bits per heavy atom. The molecule has 7 heteroatoms. The summed E-state index contributed by atoms with van der Waals surface area (Å²) in [6.45, 7) is 0.160. The van der Waals surface area contributed by atoms with E-state index in [1.165, 1.54) is 43.5 Å². The smallest absolute Gasteiger partial charge is 0.337 e. The maximum absolute atomic E-state index is 13.7. The predicted molar refractivity (Wildman–Crippen MR) is 102 cm³/mol. The molecule has 0 radical (unpaired) electrons. The lowest BCUT2D eigenvalue weighted by molar-refractivity contribution is 0.0600. The predicted octanol–water partition coefficient (Wildman–Crippen LogP) is 4.47. The molecule has 1 N–H and O–H groups in total. The third-order valence-corrected chi connectivity index (χ3v) is 4.06. The highest BCUT2D eigenvalue weighted by atomic mass is 19.1. The molecule has 0 aromatic heterocycles. The first-order chi connectivity index (χ1) is 14.0. The van der Waals surface area contributed by atoms with Gasteiger partial charge >= 0.3 is 5.97 Å². The fraction of sp³-hybridized carbons (Fsp3) is 0.0909. The van der Waals surface area contributed by atoms with Crippen molar-refractivity contribution in [3.8, 4) is 11.5 Å². The van der Waals surface area contributed by atoms with Crippen LogP contribution in [0.1, 0.15) is 26.3 Å². The molecule has 0 aliphatic rings. The first kappa shape index (κ1) is 20.0. The first-order valence-corrected chi connectivity index (χ1v) is 8.64. The summed E-state index contributed by atoms with van der Waals surface area (Å²) in [6, 6.07) is 15.3. The minimum Gasteiger partial charge on any atom is -0.465 e. The second kappa shape index (κ2) is 8.97. The molecule has 0 unspecified atom stereocenters. The number of carbonyl (C=O) groups is 2. The number of hydrogen-bond acceptors (Lipinski definition) is 4. The zero-order chi connectivity index (χ0) is 20.8. The van der Waals surface area contributed by atoms with Crippen LogP contribution in [0.15, 0.2) is 66.7 Å². The zero-order valence-corrected chi connectivity index (χ0v) is 15.4. The van der Waals surface area contributed by atoms with Crippen LogP contribution < -0.4 is 10.1 Å². The van der Waals surface area contributed by atoms with E-state index in [4.69, 9.17) is 4.74 Å². The molecule has 3 rings (SSSR count). The number of nitrogens with one attached hydrogen (secondary N) is 1. The van der Waals surface area contributed by atoms with Crippen LogP contribution in [-0.2, 0) is 11.3 Å². The number of ether oxygens (including phenoxy) is 2. The van der Waals surface area contributed by atoms with Gasteiger partial charge in [-0.1, -0.05) is 12.1 Å². The van der Waals surface area contributed by atoms with Crippen LogP contribution in [0.4, 0.5) is 8.78 Å². The quantitative estimate of drug-likeness (QED) is 0.623. The summed E-state index contributed by atoms with van der Waals surface area (Å²) < 4.78 is 37.0. The minimum atomic E-state index is -0.593. The molecule has 0 bridgehead atoms. The normalized spacial score (nSPS) is 10.3. The lowest BCUT2D eigenvalue weighted by Crippen LogP contribution is -2.23. The molecule has 5 nitrogen and oxygen atoms in total. The van der Waals surface area contributed by atoms with E-state index >= 15 is 0 Å². The number of benzene rings is 3. The van der Waals surface area contributed by atoms with Crippen molar-refractivity contribution in [3.05, 3.63) is 95.1 Å². The van der Waals surface area contributed by atoms with Crippen LogP contribution in [0.2, 0.25) is 0 Å². The molecule has 0 aliphatic carbocycles. The molecule has 3 aromatic carbocycles. The van der Waals surface area contributed by atoms with E-state index in [2.05, 4.69) is 10.1 Å². The first-order valence-electron chi connectivity index (χ1n) is 8.64. The second-order valence-electron chi connectivity index (χ2n) is 6.07. The highest BCUT2D eigenvalue weighted by Gasteiger charge is 2.15. The van der Waals surface area contributed by atoms with Gasteiger partial charge in [0.25, 0.3) is 5.91 Å². The summed E-state index contributed by atoms with van der Waals surface area (Å²) >= 11 is 0. The number of halogens is 2. The Labute approximate surface area is 165 Å². The Hall–Kier alpha value is -3.74. The molecule has 1 amide bonds. The topological polar surface area (TPSA) is 64.6 Å². The van der Waals surface area contributed by atoms with Crippen molar-refractivity contribution in [2.24, 2.45) is 0 Å². The summed E-state index contributed by atoms with van der Waals surface area (Å²) in [5, 5.41) is 2.68. The third-order valence-electron chi connectivity index (χ3n) is 4.06. The highest BCUT2D eigenvalue weighted by Crippen LogP contribution is 2.26. The Bertz CT molecular complexity index is 1020. The molecule has 0 spiro atoms. The fourth-order valence-corrected chi connectivity index (χ4v) is 2.55. The standard InChI is InChI=1S/C22H17F2NO4/c1-28-22(27)15-4-2-14(3-5-15)13-25-21(26)19-12-17(24)8-11-20(19)29-18-9-6-16(23)7-10-18/h2-12H,13H2,1H3,(H,25,26). The van der Waals surface area contributed by atoms with Gasteiger partial charge in [0.15, 0.2) is 0 Å². The third kappa shape index (κ3) is 5.16. The van der Waals surface area contributed by atoms with Crippen LogP contribution in [0.5, 0.6) is 11.5 Å². The lowest BCUT2D eigenvalue weighted by Gasteiger charge is -2.12. The van der Waals surface area contributed by atoms with Crippen molar-refractivity contribution in [1.29, 1.82) is 0 Å². The number of esters is 1. The summed E-state index contributed by atoms with van der Waals surface area (Å²) in [4.78, 5) is 24.0. The van der Waals surface area contributed by atoms with E-state index in [1.807, 2.05) is 0 Å². The largest absolute Gasteiger partial charge is 0.465 e. The van der Waals surface area contributed by atoms with Gasteiger partial charge in [-0.3, -0.25) is 4.79 Å². The lowest BCUT2D eigenvalue weighted by atomic mass is 10.1. The second-order valence-corrected chi connectivity index (χ2v) is 6.07. The average Bonchev–Trinajstić information content (AvgIpc) is 2.74. The molecule has 29 heavy (non-hydrogen) atoms. The average molecular weight is 397 g/mol. The monoisotopic (exact) mass is 397 g/mol. The van der Waals surface area contributed by atoms with Crippen LogP contribution >= 0.6 is 0 Å². The highest BCUT2D eigenvalue weighted by molar-refractivity contribution is 5.97. The van der Waals surface area contributed by atoms with Crippen LogP contribution in [0.25, 0.3) is 0 Å². The number of carbonyl (C=O) groups excluding carboxylic acids is 2. The Balaban J connectivity index is 1.72. The van der Waals surface area contributed by atoms with E-state index in [0.29, 0.717) is 11.3 Å². The molecular weight excluding hydrogens is 380 g/mol. The Kier molecular flexibility index (Phi) is 6.19. The number of hydrogen-bond donors (Lipinski definition) is 1. The van der Waals surface area contributed by atoms with Crippen molar-refractivity contribution in [2.45, 2.75) is 6.54 Å². The molecule has 0 aliphatic heterocycles. The van der Waals surface area contributed by atoms with Crippen LogP contribution in [-0.4, -0.2) is 19.0 Å². The summed E-state index contributed by atoms with van der Waals surface area (Å²) in [5.41, 5.74) is 1.13. The fourth-order valence-electron chi connectivity index (χ4n) is 2.55. The van der Waals surface area contributed by atoms with E-state index in [-0.39, 0.29) is 17.9 Å². The van der Waals surface area contributed by atoms with Crippen LogP contribution in [0.3, 0.4) is 0 Å². The molecule has 148 valence electrons. The zero-order valence-electron chi connectivity index (χ0n) is 15.4. The van der Waals surface area contributed by atoms with Gasteiger partial charge in [0, 0.05) is 6.54 Å². The van der Waals surface area contributed by atoms with Crippen LogP contribution in [0, 0.1) is 11.6 Å². The van der Waals surface area contributed by atoms with Gasteiger partial charge in [-0.15, -0.1) is 0 Å². The van der Waals surface area contributed by atoms with Gasteiger partial charge < -0.3 is 14.8 Å². The summed E-state index contributed by atoms with van der Waals surface area (Å²) in [6.07, 6.45) is 0. The molecule has 0 fully saturated rings. The van der Waals surface area contributed by atoms with E-state index in [9.17, 15) is 18.4 Å². The van der Waals surface area contributed by atoms with Gasteiger partial charge in [-0.25, -0.2) is 13.6 Å². The van der Waals surface area contributed by atoms with Gasteiger partial charge in [-0.2, -0.15) is 0 Å². The van der Waals surface area contributed by atoms with Gasteiger partial charge in [0.2, 0.25) is 0 Å². The molecule has 0 saturated carbocycles. The summed E-state index contributed by atoms with van der Waals surface area (Å²) in [7, 11) is 1.29. The van der Waals surface area contributed by atoms with Crippen molar-refractivity contribution in [1.82, 2.24) is 5.32 Å². The van der Waals surface area contributed by atoms with E-state index < -0.39 is 23.5 Å². The van der Waals surface area contributed by atoms with Crippen molar-refractivity contribution >= 4 is 11.9 Å². The maximum atomic E-state index is 13.7. The van der Waals surface area contributed by atoms with Crippen molar-refractivity contribution in [3.63, 3.8) is 0 Å². The van der Waals surface area contributed by atoms with Gasteiger partial charge in [-0.05, 0) is 60.2 Å². The number of amides is 1. The molecule has 0 saturated heterocycles. The maximum Gasteiger partial charge on any atom is 0.337 e. The van der Waals surface area contributed by atoms with Crippen molar-refractivity contribution in [2.75, 3.05) is 7.11 Å². The molecule has 3 aromatic rings. The minimum absolute atomic E-state index is 0.000468.